The number of benzene rings is 2. The minimum atomic E-state index is 0.0459. The molecule has 1 aliphatic heterocycles. The van der Waals surface area contributed by atoms with E-state index in [9.17, 15) is 4.79 Å². The summed E-state index contributed by atoms with van der Waals surface area (Å²) in [5.41, 5.74) is 4.98. The first-order chi connectivity index (χ1) is 14.7. The lowest BCUT2D eigenvalue weighted by Crippen LogP contribution is -2.29. The van der Waals surface area contributed by atoms with Gasteiger partial charge in [0.05, 0.1) is 16.6 Å². The van der Waals surface area contributed by atoms with E-state index in [1.54, 1.807) is 0 Å². The third kappa shape index (κ3) is 2.98. The van der Waals surface area contributed by atoms with Gasteiger partial charge < -0.3 is 19.6 Å². The summed E-state index contributed by atoms with van der Waals surface area (Å²) in [5.74, 6) is 0.757. The first-order valence-electron chi connectivity index (χ1n) is 11.0. The number of anilines is 2. The molecule has 0 unspecified atom stereocenters. The van der Waals surface area contributed by atoms with E-state index in [2.05, 4.69) is 40.2 Å². The van der Waals surface area contributed by atoms with E-state index < -0.39 is 0 Å². The molecule has 1 aliphatic carbocycles. The van der Waals surface area contributed by atoms with Gasteiger partial charge in [-0.2, -0.15) is 0 Å². The monoisotopic (exact) mass is 404 g/mol. The number of likely N-dealkylation sites (N-methyl/N-ethyl adjacent to an activating group) is 1. The highest BCUT2D eigenvalue weighted by atomic mass is 16.5. The van der Waals surface area contributed by atoms with Gasteiger partial charge in [-0.15, -0.1) is 0 Å². The van der Waals surface area contributed by atoms with Crippen LogP contribution in [0.5, 0.6) is 0 Å². The highest BCUT2D eigenvalue weighted by Crippen LogP contribution is 2.46. The van der Waals surface area contributed by atoms with Crippen molar-refractivity contribution < 1.29 is 9.32 Å². The van der Waals surface area contributed by atoms with Crippen molar-refractivity contribution in [2.45, 2.75) is 26.7 Å². The van der Waals surface area contributed by atoms with Crippen LogP contribution in [0.1, 0.15) is 42.6 Å². The number of nitrogens with one attached hydrogen (secondary N) is 1. The third-order valence-electron chi connectivity index (χ3n) is 6.46. The Morgan fingerprint density at radius 3 is 2.60 bits per heavy atom. The summed E-state index contributed by atoms with van der Waals surface area (Å²) in [7, 11) is 0. The molecular weight excluding hydrogens is 376 g/mol. The van der Waals surface area contributed by atoms with E-state index in [1.807, 2.05) is 24.3 Å². The summed E-state index contributed by atoms with van der Waals surface area (Å²) in [6.07, 6.45) is 2.36. The molecule has 0 amide bonds. The maximum absolute atomic E-state index is 13.5. The number of ketones is 1. The van der Waals surface area contributed by atoms with Crippen LogP contribution in [0.3, 0.4) is 0 Å². The number of carbonyl (C=O) groups is 1. The predicted molar refractivity (Wildman–Crippen MR) is 121 cm³/mol. The number of hydrogen-bond donors (Lipinski definition) is 1. The molecule has 0 spiro atoms. The molecule has 0 saturated carbocycles. The quantitative estimate of drug-likeness (QED) is 0.493. The first kappa shape index (κ1) is 19.1. The largest absolute Gasteiger partial charge is 0.383 e. The fourth-order valence-electron chi connectivity index (χ4n) is 4.77. The van der Waals surface area contributed by atoms with E-state index >= 15 is 0 Å². The average molecular weight is 405 g/mol. The summed E-state index contributed by atoms with van der Waals surface area (Å²) >= 11 is 0. The van der Waals surface area contributed by atoms with Gasteiger partial charge in [0.25, 0.3) is 0 Å². The number of fused-ring (bicyclic) bond motifs is 2. The molecule has 6 heteroatoms. The standard InChI is InChI=1S/C24H28N4O2/c1-3-27(4-2)14-11-25-18-15-19(28-12-7-8-13-28)22-21-20(18)23(29)16-9-5-6-10-17(16)24(21)30-26-22/h5-6,9-10,15,25H,3-4,7-8,11-14H2,1-2H3. The van der Waals surface area contributed by atoms with Crippen LogP contribution in [0.2, 0.25) is 0 Å². The molecule has 3 aromatic rings. The zero-order chi connectivity index (χ0) is 20.7. The first-order valence-corrected chi connectivity index (χ1v) is 11.0. The van der Waals surface area contributed by atoms with Crippen LogP contribution in [0.4, 0.5) is 11.4 Å². The number of rotatable bonds is 7. The highest BCUT2D eigenvalue weighted by molar-refractivity contribution is 6.28. The molecule has 2 aromatic carbocycles. The summed E-state index contributed by atoms with van der Waals surface area (Å²) in [5, 5.41) is 8.87. The lowest BCUT2D eigenvalue weighted by Gasteiger charge is -2.24. The van der Waals surface area contributed by atoms with Crippen LogP contribution in [-0.2, 0) is 0 Å². The van der Waals surface area contributed by atoms with Crippen molar-refractivity contribution in [1.82, 2.24) is 10.1 Å². The van der Waals surface area contributed by atoms with E-state index in [0.717, 1.165) is 67.1 Å². The molecule has 30 heavy (non-hydrogen) atoms. The van der Waals surface area contributed by atoms with Crippen LogP contribution in [0, 0.1) is 0 Å². The molecule has 2 aliphatic rings. The Hall–Kier alpha value is -2.86. The predicted octanol–water partition coefficient (Wildman–Crippen LogP) is 4.39. The fourth-order valence-corrected chi connectivity index (χ4v) is 4.77. The van der Waals surface area contributed by atoms with E-state index in [4.69, 9.17) is 4.52 Å². The SMILES string of the molecule is CCN(CC)CCNc1cc(N2CCCC2)c2noc3c2c1C(=O)c1ccccc1-3. The summed E-state index contributed by atoms with van der Waals surface area (Å²) in [6, 6.07) is 9.79. The Morgan fingerprint density at radius 1 is 1.13 bits per heavy atom. The smallest absolute Gasteiger partial charge is 0.196 e. The lowest BCUT2D eigenvalue weighted by molar-refractivity contribution is 0.104. The third-order valence-corrected chi connectivity index (χ3v) is 6.46. The summed E-state index contributed by atoms with van der Waals surface area (Å²) in [4.78, 5) is 18.3. The fraction of sp³-hybridized carbons (Fsp3) is 0.417. The Kier molecular flexibility index (Phi) is 4.95. The second-order valence-electron chi connectivity index (χ2n) is 8.08. The van der Waals surface area contributed by atoms with Crippen LogP contribution >= 0.6 is 0 Å². The highest BCUT2D eigenvalue weighted by Gasteiger charge is 2.33. The van der Waals surface area contributed by atoms with Gasteiger partial charge in [-0.05, 0) is 32.0 Å². The Labute approximate surface area is 176 Å². The molecule has 0 bridgehead atoms. The Balaban J connectivity index is 1.64. The van der Waals surface area contributed by atoms with Crippen molar-refractivity contribution in [3.8, 4) is 11.3 Å². The van der Waals surface area contributed by atoms with Gasteiger partial charge in [0, 0.05) is 43.0 Å². The summed E-state index contributed by atoms with van der Waals surface area (Å²) < 4.78 is 5.84. The summed E-state index contributed by atoms with van der Waals surface area (Å²) in [6.45, 7) is 10.1. The minimum Gasteiger partial charge on any atom is -0.383 e. The van der Waals surface area contributed by atoms with Crippen molar-refractivity contribution in [3.63, 3.8) is 0 Å². The number of carbonyl (C=O) groups excluding carboxylic acids is 1. The normalized spacial score (nSPS) is 15.3. The second-order valence-corrected chi connectivity index (χ2v) is 8.08. The average Bonchev–Trinajstić information content (AvgIpc) is 3.46. The molecule has 6 nitrogen and oxygen atoms in total. The van der Waals surface area contributed by atoms with Gasteiger partial charge >= 0.3 is 0 Å². The molecule has 2 heterocycles. The Morgan fingerprint density at radius 2 is 1.87 bits per heavy atom. The van der Waals surface area contributed by atoms with Gasteiger partial charge in [-0.25, -0.2) is 0 Å². The molecule has 1 aromatic heterocycles. The zero-order valence-corrected chi connectivity index (χ0v) is 17.7. The van der Waals surface area contributed by atoms with Gasteiger partial charge in [0.15, 0.2) is 11.5 Å². The maximum atomic E-state index is 13.5. The molecule has 1 saturated heterocycles. The number of nitrogens with zero attached hydrogens (tertiary/aromatic N) is 3. The topological polar surface area (TPSA) is 61.6 Å². The van der Waals surface area contributed by atoms with Gasteiger partial charge in [0.1, 0.15) is 5.52 Å². The Bertz CT molecular complexity index is 1090. The van der Waals surface area contributed by atoms with Crippen molar-refractivity contribution in [2.24, 2.45) is 0 Å². The van der Waals surface area contributed by atoms with Crippen molar-refractivity contribution >= 4 is 28.1 Å². The van der Waals surface area contributed by atoms with Crippen LogP contribution in [0.15, 0.2) is 34.9 Å². The molecular formula is C24H28N4O2. The molecule has 0 radical (unpaired) electrons. The number of aromatic nitrogens is 1. The van der Waals surface area contributed by atoms with E-state index in [1.165, 1.54) is 12.8 Å². The van der Waals surface area contributed by atoms with Crippen molar-refractivity contribution in [2.75, 3.05) is 49.5 Å². The van der Waals surface area contributed by atoms with Crippen LogP contribution < -0.4 is 10.2 Å². The van der Waals surface area contributed by atoms with E-state index in [0.29, 0.717) is 16.9 Å². The minimum absolute atomic E-state index is 0.0459. The van der Waals surface area contributed by atoms with Crippen LogP contribution in [0.25, 0.3) is 22.2 Å². The molecule has 1 fully saturated rings. The molecule has 1 N–H and O–H groups in total. The van der Waals surface area contributed by atoms with Gasteiger partial charge in [-0.3, -0.25) is 4.79 Å². The van der Waals surface area contributed by atoms with Crippen LogP contribution in [-0.4, -0.2) is 55.1 Å². The number of hydrogen-bond acceptors (Lipinski definition) is 6. The van der Waals surface area contributed by atoms with E-state index in [-0.39, 0.29) is 5.78 Å². The molecule has 5 rings (SSSR count). The lowest BCUT2D eigenvalue weighted by atomic mass is 9.86. The van der Waals surface area contributed by atoms with Gasteiger partial charge in [-0.1, -0.05) is 43.3 Å². The molecule has 156 valence electrons. The van der Waals surface area contributed by atoms with Crippen molar-refractivity contribution in [3.05, 3.63) is 41.5 Å². The van der Waals surface area contributed by atoms with Gasteiger partial charge in [0.2, 0.25) is 0 Å². The second kappa shape index (κ2) is 7.76. The molecule has 0 atom stereocenters. The zero-order valence-electron chi connectivity index (χ0n) is 17.7. The maximum Gasteiger partial charge on any atom is 0.196 e. The van der Waals surface area contributed by atoms with Crippen molar-refractivity contribution in [1.29, 1.82) is 0 Å².